The first-order valence-electron chi connectivity index (χ1n) is 5.48. The molecule has 3 rings (SSSR count). The van der Waals surface area contributed by atoms with Gasteiger partial charge in [-0.25, -0.2) is 9.97 Å². The van der Waals surface area contributed by atoms with Crippen LogP contribution in [-0.2, 0) is 5.60 Å². The van der Waals surface area contributed by atoms with Crippen LogP contribution < -0.4 is 4.90 Å². The second kappa shape index (κ2) is 4.29. The summed E-state index contributed by atoms with van der Waals surface area (Å²) in [7, 11) is 0. The molecule has 2 N–H and O–H groups in total. The molecule has 0 saturated carbocycles. The molecule has 94 valence electrons. The van der Waals surface area contributed by atoms with Crippen molar-refractivity contribution in [3.63, 3.8) is 0 Å². The Labute approximate surface area is 111 Å². The number of aliphatic hydroxyl groups is 1. The normalized spacial score (nSPS) is 23.6. The van der Waals surface area contributed by atoms with E-state index in [1.54, 1.807) is 12.4 Å². The molecule has 2 aromatic heterocycles. The van der Waals surface area contributed by atoms with E-state index in [0.717, 1.165) is 10.3 Å². The van der Waals surface area contributed by atoms with E-state index in [-0.39, 0.29) is 0 Å². The number of aromatic amines is 1. The first-order valence-corrected chi connectivity index (χ1v) is 6.27. The zero-order valence-corrected chi connectivity index (χ0v) is 11.0. The lowest BCUT2D eigenvalue weighted by molar-refractivity contribution is 0.0559. The van der Waals surface area contributed by atoms with Gasteiger partial charge in [0.05, 0.1) is 17.2 Å². The Morgan fingerprint density at radius 2 is 2.33 bits per heavy atom. The molecular weight excluding hydrogens is 300 g/mol. The smallest absolute Gasteiger partial charge is 0.146 e. The molecule has 0 radical (unpaired) electrons. The van der Waals surface area contributed by atoms with Gasteiger partial charge in [-0.3, -0.25) is 0 Å². The third-order valence-corrected chi connectivity index (χ3v) is 3.65. The summed E-state index contributed by atoms with van der Waals surface area (Å²) >= 11 is 3.41. The fraction of sp³-hybridized carbons (Fsp3) is 0.400. The lowest BCUT2D eigenvalue weighted by Gasteiger charge is -2.22. The largest absolute Gasteiger partial charge is 0.381 e. The number of H-pyrrole nitrogens is 1. The van der Waals surface area contributed by atoms with E-state index in [1.807, 2.05) is 4.90 Å². The van der Waals surface area contributed by atoms with Crippen LogP contribution in [0.4, 0.5) is 5.82 Å². The van der Waals surface area contributed by atoms with E-state index in [9.17, 15) is 5.11 Å². The highest BCUT2D eigenvalue weighted by Crippen LogP contribution is 2.34. The van der Waals surface area contributed by atoms with Gasteiger partial charge in [0.25, 0.3) is 0 Å². The fourth-order valence-corrected chi connectivity index (χ4v) is 2.62. The van der Waals surface area contributed by atoms with E-state index < -0.39 is 5.60 Å². The van der Waals surface area contributed by atoms with E-state index in [0.29, 0.717) is 25.2 Å². The highest BCUT2D eigenvalue weighted by molar-refractivity contribution is 9.10. The summed E-state index contributed by atoms with van der Waals surface area (Å²) in [6.07, 6.45) is 5.33. The summed E-state index contributed by atoms with van der Waals surface area (Å²) in [6.45, 7) is 1.15. The summed E-state index contributed by atoms with van der Waals surface area (Å²) in [5.74, 6) is 0.782. The van der Waals surface area contributed by atoms with Gasteiger partial charge < -0.3 is 10.0 Å². The Morgan fingerprint density at radius 1 is 1.44 bits per heavy atom. The van der Waals surface area contributed by atoms with Gasteiger partial charge in [-0.15, -0.1) is 0 Å². The van der Waals surface area contributed by atoms with Crippen molar-refractivity contribution in [2.24, 2.45) is 0 Å². The molecule has 18 heavy (non-hydrogen) atoms. The van der Waals surface area contributed by atoms with Crippen LogP contribution >= 0.6 is 15.9 Å². The number of anilines is 1. The Balaban J connectivity index is 1.86. The Morgan fingerprint density at radius 3 is 3.06 bits per heavy atom. The lowest BCUT2D eigenvalue weighted by Crippen LogP contribution is -2.31. The molecule has 0 spiro atoms. The van der Waals surface area contributed by atoms with Gasteiger partial charge in [0.1, 0.15) is 23.4 Å². The first kappa shape index (κ1) is 11.5. The van der Waals surface area contributed by atoms with Crippen LogP contribution in [0.3, 0.4) is 0 Å². The number of rotatable bonds is 2. The second-order valence-corrected chi connectivity index (χ2v) is 5.11. The summed E-state index contributed by atoms with van der Waals surface area (Å²) in [5, 5.41) is 20.8. The zero-order valence-electron chi connectivity index (χ0n) is 9.41. The summed E-state index contributed by atoms with van der Waals surface area (Å²) in [6, 6.07) is 0. The van der Waals surface area contributed by atoms with E-state index in [1.165, 1.54) is 6.33 Å². The number of nitrogens with one attached hydrogen (secondary N) is 1. The van der Waals surface area contributed by atoms with Gasteiger partial charge in [-0.2, -0.15) is 15.4 Å². The van der Waals surface area contributed by atoms with Gasteiger partial charge in [-0.1, -0.05) is 0 Å². The molecule has 1 fully saturated rings. The maximum Gasteiger partial charge on any atom is 0.146 e. The Bertz CT molecular complexity index is 547. The van der Waals surface area contributed by atoms with Crippen LogP contribution in [-0.4, -0.2) is 43.6 Å². The van der Waals surface area contributed by atoms with Crippen molar-refractivity contribution < 1.29 is 5.11 Å². The van der Waals surface area contributed by atoms with Crippen molar-refractivity contribution in [1.82, 2.24) is 25.4 Å². The van der Waals surface area contributed by atoms with Gasteiger partial charge >= 0.3 is 0 Å². The first-order chi connectivity index (χ1) is 8.69. The number of nitrogens with zero attached hydrogens (tertiary/aromatic N) is 5. The average Bonchev–Trinajstić information content (AvgIpc) is 2.99. The molecule has 8 heteroatoms. The zero-order chi connectivity index (χ0) is 12.6. The molecular formula is C10H11BrN6O. The monoisotopic (exact) mass is 310 g/mol. The topological polar surface area (TPSA) is 90.8 Å². The van der Waals surface area contributed by atoms with Crippen molar-refractivity contribution in [1.29, 1.82) is 0 Å². The molecule has 0 bridgehead atoms. The molecule has 0 amide bonds. The maximum absolute atomic E-state index is 10.6. The van der Waals surface area contributed by atoms with Crippen LogP contribution in [0.25, 0.3) is 0 Å². The summed E-state index contributed by atoms with van der Waals surface area (Å²) < 4.78 is 0.814. The molecule has 1 aliphatic rings. The SMILES string of the molecule is O[C@]1(c2cn[nH]n2)CCN(c2ncncc2Br)C1. The molecule has 3 heterocycles. The predicted octanol–water partition coefficient (Wildman–Crippen LogP) is 0.455. The summed E-state index contributed by atoms with van der Waals surface area (Å²) in [5.41, 5.74) is -0.410. The highest BCUT2D eigenvalue weighted by Gasteiger charge is 2.40. The number of aromatic nitrogens is 5. The lowest BCUT2D eigenvalue weighted by atomic mass is 10.0. The number of hydrogen-bond donors (Lipinski definition) is 2. The molecule has 0 unspecified atom stereocenters. The maximum atomic E-state index is 10.6. The minimum atomic E-state index is -0.975. The minimum Gasteiger partial charge on any atom is -0.381 e. The molecule has 0 aliphatic carbocycles. The van der Waals surface area contributed by atoms with Crippen molar-refractivity contribution in [3.05, 3.63) is 28.9 Å². The summed E-state index contributed by atoms with van der Waals surface area (Å²) in [4.78, 5) is 10.1. The second-order valence-electron chi connectivity index (χ2n) is 4.25. The van der Waals surface area contributed by atoms with Crippen LogP contribution in [0.5, 0.6) is 0 Å². The van der Waals surface area contributed by atoms with E-state index >= 15 is 0 Å². The molecule has 7 nitrogen and oxygen atoms in total. The number of hydrogen-bond acceptors (Lipinski definition) is 6. The number of halogens is 1. The van der Waals surface area contributed by atoms with Crippen LogP contribution in [0, 0.1) is 0 Å². The van der Waals surface area contributed by atoms with Gasteiger partial charge in [0.15, 0.2) is 0 Å². The van der Waals surface area contributed by atoms with Gasteiger partial charge in [0, 0.05) is 19.2 Å². The molecule has 0 aromatic carbocycles. The van der Waals surface area contributed by atoms with E-state index in [2.05, 4.69) is 41.3 Å². The standard InChI is InChI=1S/C10H11BrN6O/c11-7-3-12-6-13-9(7)17-2-1-10(18,5-17)8-4-14-16-15-8/h3-4,6,18H,1-2,5H2,(H,14,15,16)/t10-/m1/s1. The average molecular weight is 311 g/mol. The minimum absolute atomic E-state index is 0.440. The molecule has 1 atom stereocenters. The van der Waals surface area contributed by atoms with Crippen LogP contribution in [0.1, 0.15) is 12.1 Å². The van der Waals surface area contributed by atoms with Crippen molar-refractivity contribution in [2.75, 3.05) is 18.0 Å². The molecule has 1 aliphatic heterocycles. The van der Waals surface area contributed by atoms with Crippen molar-refractivity contribution in [2.45, 2.75) is 12.0 Å². The highest BCUT2D eigenvalue weighted by atomic mass is 79.9. The van der Waals surface area contributed by atoms with Crippen molar-refractivity contribution in [3.8, 4) is 0 Å². The quantitative estimate of drug-likeness (QED) is 0.837. The Hall–Kier alpha value is -1.54. The predicted molar refractivity (Wildman–Crippen MR) is 66.8 cm³/mol. The molecule has 2 aromatic rings. The van der Waals surface area contributed by atoms with Crippen LogP contribution in [0.15, 0.2) is 23.2 Å². The third-order valence-electron chi connectivity index (χ3n) is 3.09. The van der Waals surface area contributed by atoms with Crippen LogP contribution in [0.2, 0.25) is 0 Å². The third kappa shape index (κ3) is 1.87. The van der Waals surface area contributed by atoms with Gasteiger partial charge in [0.2, 0.25) is 0 Å². The fourth-order valence-electron chi connectivity index (χ4n) is 2.15. The Kier molecular flexibility index (Phi) is 2.75. The number of β-amino-alcohol motifs (C(OH)–C–C–N with tert-alkyl or cyclic N) is 1. The molecule has 1 saturated heterocycles. The van der Waals surface area contributed by atoms with Gasteiger partial charge in [-0.05, 0) is 15.9 Å². The van der Waals surface area contributed by atoms with E-state index in [4.69, 9.17) is 0 Å². The van der Waals surface area contributed by atoms with Crippen molar-refractivity contribution >= 4 is 21.7 Å².